The van der Waals surface area contributed by atoms with E-state index >= 15 is 0 Å². The number of rotatable bonds is 11. The zero-order valence-corrected chi connectivity index (χ0v) is 17.9. The molecule has 0 fully saturated rings. The van der Waals surface area contributed by atoms with Crippen LogP contribution in [-0.2, 0) is 35.5 Å². The van der Waals surface area contributed by atoms with Crippen molar-refractivity contribution in [2.24, 2.45) is 0 Å². The zero-order valence-electron chi connectivity index (χ0n) is 17.9. The van der Waals surface area contributed by atoms with Gasteiger partial charge in [0, 0.05) is 25.8 Å². The van der Waals surface area contributed by atoms with E-state index in [-0.39, 0.29) is 18.2 Å². The van der Waals surface area contributed by atoms with Gasteiger partial charge in [0.05, 0.1) is 12.2 Å². The fourth-order valence-corrected chi connectivity index (χ4v) is 3.28. The Morgan fingerprint density at radius 3 is 2.48 bits per heavy atom. The predicted molar refractivity (Wildman–Crippen MR) is 116 cm³/mol. The standard InChI is InChI=1S/C24H27N3O4/c1-3-27-22(25-26-23(27)17-31-21-11-6-5-7-12-21)14-13-20(28)16-18-9-8-10-19(15-18)24(29)30-4-2/h5-12,15H,3-4,13-14,16-17H2,1-2H3. The minimum atomic E-state index is -0.377. The second-order valence-electron chi connectivity index (χ2n) is 7.01. The van der Waals surface area contributed by atoms with Crippen LogP contribution in [0.1, 0.15) is 47.8 Å². The molecule has 0 atom stereocenters. The molecule has 1 aromatic heterocycles. The van der Waals surface area contributed by atoms with Gasteiger partial charge < -0.3 is 14.0 Å². The lowest BCUT2D eigenvalue weighted by atomic mass is 10.0. The third-order valence-corrected chi connectivity index (χ3v) is 4.80. The molecule has 7 nitrogen and oxygen atoms in total. The van der Waals surface area contributed by atoms with Crippen molar-refractivity contribution in [3.05, 3.63) is 77.4 Å². The number of nitrogens with zero attached hydrogens (tertiary/aromatic N) is 3. The summed E-state index contributed by atoms with van der Waals surface area (Å²) in [5, 5.41) is 8.49. The van der Waals surface area contributed by atoms with E-state index in [1.54, 1.807) is 25.1 Å². The lowest BCUT2D eigenvalue weighted by molar-refractivity contribution is -0.118. The second-order valence-corrected chi connectivity index (χ2v) is 7.01. The van der Waals surface area contributed by atoms with Crippen LogP contribution < -0.4 is 4.74 Å². The van der Waals surface area contributed by atoms with Crippen LogP contribution >= 0.6 is 0 Å². The maximum Gasteiger partial charge on any atom is 0.338 e. The van der Waals surface area contributed by atoms with Gasteiger partial charge in [-0.2, -0.15) is 0 Å². The van der Waals surface area contributed by atoms with Gasteiger partial charge in [0.25, 0.3) is 0 Å². The van der Waals surface area contributed by atoms with Crippen molar-refractivity contribution in [1.82, 2.24) is 14.8 Å². The largest absolute Gasteiger partial charge is 0.486 e. The summed E-state index contributed by atoms with van der Waals surface area (Å²) in [6, 6.07) is 16.6. The highest BCUT2D eigenvalue weighted by Gasteiger charge is 2.14. The predicted octanol–water partition coefficient (Wildman–Crippen LogP) is 3.80. The molecule has 0 bridgehead atoms. The summed E-state index contributed by atoms with van der Waals surface area (Å²) in [6.45, 7) is 5.12. The van der Waals surface area contributed by atoms with Crippen molar-refractivity contribution >= 4 is 11.8 Å². The summed E-state index contributed by atoms with van der Waals surface area (Å²) < 4.78 is 12.8. The Morgan fingerprint density at radius 2 is 1.74 bits per heavy atom. The van der Waals surface area contributed by atoms with Crippen molar-refractivity contribution in [3.8, 4) is 5.75 Å². The molecule has 0 N–H and O–H groups in total. The van der Waals surface area contributed by atoms with Gasteiger partial charge in [-0.3, -0.25) is 4.79 Å². The number of para-hydroxylation sites is 1. The van der Waals surface area contributed by atoms with E-state index in [1.165, 1.54) is 0 Å². The molecule has 3 rings (SSSR count). The number of aromatic nitrogens is 3. The third kappa shape index (κ3) is 6.25. The van der Waals surface area contributed by atoms with Crippen LogP contribution in [-0.4, -0.2) is 33.1 Å². The van der Waals surface area contributed by atoms with Crippen molar-refractivity contribution in [2.45, 2.75) is 46.3 Å². The average Bonchev–Trinajstić information content (AvgIpc) is 3.19. The fourth-order valence-electron chi connectivity index (χ4n) is 3.28. The van der Waals surface area contributed by atoms with E-state index in [9.17, 15) is 9.59 Å². The Balaban J connectivity index is 1.56. The molecule has 31 heavy (non-hydrogen) atoms. The molecular weight excluding hydrogens is 394 g/mol. The number of aryl methyl sites for hydroxylation is 1. The Bertz CT molecular complexity index is 1010. The molecule has 0 saturated heterocycles. The van der Waals surface area contributed by atoms with Crippen LogP contribution in [0.2, 0.25) is 0 Å². The molecule has 0 unspecified atom stereocenters. The van der Waals surface area contributed by atoms with E-state index in [0.717, 1.165) is 23.0 Å². The molecule has 0 aliphatic heterocycles. The number of ketones is 1. The maximum absolute atomic E-state index is 12.5. The normalized spacial score (nSPS) is 10.6. The van der Waals surface area contributed by atoms with Crippen molar-refractivity contribution in [2.75, 3.05) is 6.61 Å². The van der Waals surface area contributed by atoms with E-state index < -0.39 is 0 Å². The Hall–Kier alpha value is -3.48. The first-order valence-corrected chi connectivity index (χ1v) is 10.5. The van der Waals surface area contributed by atoms with Crippen LogP contribution in [0.15, 0.2) is 54.6 Å². The quantitative estimate of drug-likeness (QED) is 0.438. The van der Waals surface area contributed by atoms with Gasteiger partial charge in [-0.15, -0.1) is 10.2 Å². The van der Waals surface area contributed by atoms with Gasteiger partial charge in [-0.25, -0.2) is 4.79 Å². The highest BCUT2D eigenvalue weighted by molar-refractivity contribution is 5.90. The summed E-state index contributed by atoms with van der Waals surface area (Å²) in [5.74, 6) is 1.97. The number of carbonyl (C=O) groups excluding carboxylic acids is 2. The van der Waals surface area contributed by atoms with Crippen molar-refractivity contribution < 1.29 is 19.1 Å². The third-order valence-electron chi connectivity index (χ3n) is 4.80. The molecule has 0 radical (unpaired) electrons. The molecule has 162 valence electrons. The van der Waals surface area contributed by atoms with Crippen LogP contribution in [0.3, 0.4) is 0 Å². The molecular formula is C24H27N3O4. The summed E-state index contributed by atoms with van der Waals surface area (Å²) in [5.41, 5.74) is 1.25. The average molecular weight is 421 g/mol. The van der Waals surface area contributed by atoms with Gasteiger partial charge in [0.15, 0.2) is 5.82 Å². The van der Waals surface area contributed by atoms with Gasteiger partial charge in [-0.1, -0.05) is 30.3 Å². The van der Waals surface area contributed by atoms with Crippen molar-refractivity contribution in [3.63, 3.8) is 0 Å². The highest BCUT2D eigenvalue weighted by Crippen LogP contribution is 2.13. The Kier molecular flexibility index (Phi) is 7.92. The second kappa shape index (κ2) is 11.1. The molecule has 3 aromatic rings. The summed E-state index contributed by atoms with van der Waals surface area (Å²) in [6.07, 6.45) is 1.11. The number of ether oxygens (including phenoxy) is 2. The number of benzene rings is 2. The molecule has 1 heterocycles. The summed E-state index contributed by atoms with van der Waals surface area (Å²) in [7, 11) is 0. The first-order chi connectivity index (χ1) is 15.1. The molecule has 2 aromatic carbocycles. The van der Waals surface area contributed by atoms with E-state index in [2.05, 4.69) is 10.2 Å². The first-order valence-electron chi connectivity index (χ1n) is 10.5. The minimum Gasteiger partial charge on any atom is -0.486 e. The molecule has 0 spiro atoms. The number of hydrogen-bond donors (Lipinski definition) is 0. The van der Waals surface area contributed by atoms with E-state index in [1.807, 2.05) is 47.9 Å². The van der Waals surface area contributed by atoms with E-state index in [4.69, 9.17) is 9.47 Å². The number of carbonyl (C=O) groups is 2. The maximum atomic E-state index is 12.5. The highest BCUT2D eigenvalue weighted by atomic mass is 16.5. The molecule has 0 aliphatic carbocycles. The smallest absolute Gasteiger partial charge is 0.338 e. The SMILES string of the molecule is CCOC(=O)c1cccc(CC(=O)CCc2nnc(COc3ccccc3)n2CC)c1. The minimum absolute atomic E-state index is 0.0775. The zero-order chi connectivity index (χ0) is 22.1. The first kappa shape index (κ1) is 22.2. The van der Waals surface area contributed by atoms with Crippen LogP contribution in [0.25, 0.3) is 0 Å². The molecule has 0 saturated carbocycles. The number of esters is 1. The monoisotopic (exact) mass is 421 g/mol. The lowest BCUT2D eigenvalue weighted by Gasteiger charge is -2.09. The molecule has 0 amide bonds. The van der Waals surface area contributed by atoms with Gasteiger partial charge in [0.1, 0.15) is 24.0 Å². The number of Topliss-reactive ketones (excluding diaryl/α,β-unsaturated/α-hetero) is 1. The Labute approximate surface area is 182 Å². The Morgan fingerprint density at radius 1 is 0.968 bits per heavy atom. The van der Waals surface area contributed by atoms with Crippen molar-refractivity contribution in [1.29, 1.82) is 0 Å². The lowest BCUT2D eigenvalue weighted by Crippen LogP contribution is -2.11. The summed E-state index contributed by atoms with van der Waals surface area (Å²) >= 11 is 0. The van der Waals surface area contributed by atoms with Crippen LogP contribution in [0.5, 0.6) is 5.75 Å². The molecule has 7 heteroatoms. The summed E-state index contributed by atoms with van der Waals surface area (Å²) in [4.78, 5) is 24.4. The van der Waals surface area contributed by atoms with Gasteiger partial charge in [0.2, 0.25) is 0 Å². The topological polar surface area (TPSA) is 83.3 Å². The van der Waals surface area contributed by atoms with Crippen LogP contribution in [0, 0.1) is 0 Å². The van der Waals surface area contributed by atoms with Crippen LogP contribution in [0.4, 0.5) is 0 Å². The van der Waals surface area contributed by atoms with E-state index in [0.29, 0.717) is 38.2 Å². The fraction of sp³-hybridized carbons (Fsp3) is 0.333. The van der Waals surface area contributed by atoms with Gasteiger partial charge in [-0.05, 0) is 43.7 Å². The molecule has 0 aliphatic rings. The van der Waals surface area contributed by atoms with Gasteiger partial charge >= 0.3 is 5.97 Å². The number of hydrogen-bond acceptors (Lipinski definition) is 6.